The van der Waals surface area contributed by atoms with Gasteiger partial charge in [0.05, 0.1) is 0 Å². The van der Waals surface area contributed by atoms with Crippen molar-refractivity contribution in [2.45, 2.75) is 65.6 Å². The lowest BCUT2D eigenvalue weighted by atomic mass is 10.1. The van der Waals surface area contributed by atoms with Gasteiger partial charge in [-0.1, -0.05) is 32.6 Å². The van der Waals surface area contributed by atoms with Crippen LogP contribution in [0, 0.1) is 13.8 Å². The van der Waals surface area contributed by atoms with E-state index >= 15 is 0 Å². The predicted octanol–water partition coefficient (Wildman–Crippen LogP) is 5.61. The molecule has 4 N–H and O–H groups in total. The molecule has 0 aliphatic heterocycles. The van der Waals surface area contributed by atoms with Gasteiger partial charge < -0.3 is 20.9 Å². The molecule has 142 valence electrons. The van der Waals surface area contributed by atoms with Crippen molar-refractivity contribution >= 4 is 11.4 Å². The van der Waals surface area contributed by atoms with Gasteiger partial charge in [0.15, 0.2) is 0 Å². The number of nitrogens with two attached hydrogens (primary N) is 2. The van der Waals surface area contributed by atoms with Crippen molar-refractivity contribution in [1.82, 2.24) is 0 Å². The molecule has 0 aromatic heterocycles. The Bertz CT molecular complexity index is 647. The molecule has 2 aromatic rings. The van der Waals surface area contributed by atoms with Gasteiger partial charge in [-0.2, -0.15) is 0 Å². The number of benzene rings is 2. The molecule has 0 saturated heterocycles. The number of anilines is 2. The van der Waals surface area contributed by atoms with Crippen LogP contribution in [0.5, 0.6) is 11.5 Å². The first-order valence-corrected chi connectivity index (χ1v) is 9.55. The van der Waals surface area contributed by atoms with Crippen molar-refractivity contribution in [2.24, 2.45) is 0 Å². The van der Waals surface area contributed by atoms with Crippen molar-refractivity contribution in [3.8, 4) is 11.5 Å². The lowest BCUT2D eigenvalue weighted by molar-refractivity contribution is -0.00249. The molecule has 0 heterocycles. The number of hydrogen-bond acceptors (Lipinski definition) is 4. The Kier molecular flexibility index (Phi) is 7.64. The third kappa shape index (κ3) is 6.17. The zero-order valence-electron chi connectivity index (χ0n) is 16.3. The van der Waals surface area contributed by atoms with Gasteiger partial charge in [-0.15, -0.1) is 0 Å². The largest absolute Gasteiger partial charge is 0.455 e. The van der Waals surface area contributed by atoms with E-state index in [0.717, 1.165) is 46.8 Å². The Morgan fingerprint density at radius 1 is 0.769 bits per heavy atom. The van der Waals surface area contributed by atoms with Crippen LogP contribution >= 0.6 is 0 Å². The molecule has 4 heteroatoms. The molecule has 2 aromatic carbocycles. The average molecular weight is 357 g/mol. The molecule has 0 aliphatic rings. The number of unbranched alkanes of at least 4 members (excludes halogenated alkanes) is 4. The quantitative estimate of drug-likeness (QED) is 0.330. The van der Waals surface area contributed by atoms with Crippen molar-refractivity contribution in [3.05, 3.63) is 47.5 Å². The van der Waals surface area contributed by atoms with Crippen LogP contribution in [0.25, 0.3) is 0 Å². The van der Waals surface area contributed by atoms with Gasteiger partial charge in [0.1, 0.15) is 11.5 Å². The molecular weight excluding hydrogens is 324 g/mol. The van der Waals surface area contributed by atoms with Crippen molar-refractivity contribution < 1.29 is 9.47 Å². The molecule has 2 rings (SSSR count). The fraction of sp³-hybridized carbons (Fsp3) is 0.455. The first-order chi connectivity index (χ1) is 12.5. The summed E-state index contributed by atoms with van der Waals surface area (Å²) in [5.74, 6) is 1.56. The van der Waals surface area contributed by atoms with E-state index in [1.165, 1.54) is 25.7 Å². The lowest BCUT2D eigenvalue weighted by Gasteiger charge is -2.21. The third-order valence-corrected chi connectivity index (χ3v) is 4.56. The van der Waals surface area contributed by atoms with Gasteiger partial charge in [0, 0.05) is 17.8 Å². The Balaban J connectivity index is 2.04. The van der Waals surface area contributed by atoms with E-state index in [9.17, 15) is 0 Å². The molecular formula is C22H32N2O2. The molecule has 0 spiro atoms. The van der Waals surface area contributed by atoms with Crippen LogP contribution in [0.15, 0.2) is 36.4 Å². The van der Waals surface area contributed by atoms with E-state index in [-0.39, 0.29) is 6.29 Å². The van der Waals surface area contributed by atoms with Crippen LogP contribution in [0.1, 0.15) is 56.6 Å². The molecule has 0 atom stereocenters. The standard InChI is InChI=1S/C22H32N2O2/c1-4-5-6-7-8-9-22(25-18-10-12-20(23)16(2)14-18)26-19-11-13-21(24)17(3)15-19/h10-15,22H,4-9,23-24H2,1-3H3. The second-order valence-corrected chi connectivity index (χ2v) is 6.90. The maximum atomic E-state index is 6.12. The molecule has 0 amide bonds. The van der Waals surface area contributed by atoms with Crippen molar-refractivity contribution in [1.29, 1.82) is 0 Å². The van der Waals surface area contributed by atoms with Gasteiger partial charge in [0.25, 0.3) is 0 Å². The van der Waals surface area contributed by atoms with Crippen LogP contribution in [0.2, 0.25) is 0 Å². The summed E-state index contributed by atoms with van der Waals surface area (Å²) in [5.41, 5.74) is 15.4. The monoisotopic (exact) mass is 356 g/mol. The molecule has 0 bridgehead atoms. The van der Waals surface area contributed by atoms with Gasteiger partial charge in [-0.25, -0.2) is 0 Å². The summed E-state index contributed by atoms with van der Waals surface area (Å²) in [6.07, 6.45) is 6.56. The van der Waals surface area contributed by atoms with E-state index in [4.69, 9.17) is 20.9 Å². The van der Waals surface area contributed by atoms with Crippen LogP contribution in [0.3, 0.4) is 0 Å². The lowest BCUT2D eigenvalue weighted by Crippen LogP contribution is -2.24. The fourth-order valence-corrected chi connectivity index (χ4v) is 2.80. The van der Waals surface area contributed by atoms with Gasteiger partial charge in [-0.3, -0.25) is 0 Å². The minimum atomic E-state index is -0.331. The SMILES string of the molecule is CCCCCCCC(Oc1ccc(N)c(C)c1)Oc1ccc(N)c(C)c1. The summed E-state index contributed by atoms with van der Waals surface area (Å²) in [7, 11) is 0. The first-order valence-electron chi connectivity index (χ1n) is 9.55. The minimum Gasteiger partial charge on any atom is -0.455 e. The Labute approximate surface area is 157 Å². The Hall–Kier alpha value is -2.36. The normalized spacial score (nSPS) is 10.9. The van der Waals surface area contributed by atoms with E-state index < -0.39 is 0 Å². The number of nitrogen functional groups attached to an aromatic ring is 2. The summed E-state index contributed by atoms with van der Waals surface area (Å²) in [6, 6.07) is 11.4. The highest BCUT2D eigenvalue weighted by atomic mass is 16.7. The van der Waals surface area contributed by atoms with Crippen LogP contribution in [-0.4, -0.2) is 6.29 Å². The number of hydrogen-bond donors (Lipinski definition) is 2. The third-order valence-electron chi connectivity index (χ3n) is 4.56. The van der Waals surface area contributed by atoms with Crippen molar-refractivity contribution in [3.63, 3.8) is 0 Å². The number of rotatable bonds is 10. The molecule has 0 radical (unpaired) electrons. The van der Waals surface area contributed by atoms with Crippen LogP contribution < -0.4 is 20.9 Å². The predicted molar refractivity (Wildman–Crippen MR) is 110 cm³/mol. The van der Waals surface area contributed by atoms with Crippen LogP contribution in [0.4, 0.5) is 11.4 Å². The van der Waals surface area contributed by atoms with Gasteiger partial charge >= 0.3 is 0 Å². The second kappa shape index (κ2) is 9.95. The van der Waals surface area contributed by atoms with Gasteiger partial charge in [0.2, 0.25) is 6.29 Å². The molecule has 0 saturated carbocycles. The zero-order chi connectivity index (χ0) is 18.9. The van der Waals surface area contributed by atoms with E-state index in [2.05, 4.69) is 6.92 Å². The van der Waals surface area contributed by atoms with E-state index in [0.29, 0.717) is 0 Å². The van der Waals surface area contributed by atoms with Crippen molar-refractivity contribution in [2.75, 3.05) is 11.5 Å². The molecule has 26 heavy (non-hydrogen) atoms. The highest BCUT2D eigenvalue weighted by Gasteiger charge is 2.13. The molecule has 0 aliphatic carbocycles. The smallest absolute Gasteiger partial charge is 0.241 e. The highest BCUT2D eigenvalue weighted by Crippen LogP contribution is 2.25. The summed E-state index contributed by atoms with van der Waals surface area (Å²) in [5, 5.41) is 0. The Morgan fingerprint density at radius 2 is 1.27 bits per heavy atom. The Morgan fingerprint density at radius 3 is 1.73 bits per heavy atom. The number of aryl methyl sites for hydroxylation is 2. The molecule has 4 nitrogen and oxygen atoms in total. The number of ether oxygens (including phenoxy) is 2. The average Bonchev–Trinajstić information content (AvgIpc) is 2.61. The minimum absolute atomic E-state index is 0.331. The van der Waals surface area contributed by atoms with Crippen LogP contribution in [-0.2, 0) is 0 Å². The summed E-state index contributed by atoms with van der Waals surface area (Å²) < 4.78 is 12.2. The maximum absolute atomic E-state index is 6.12. The van der Waals surface area contributed by atoms with Gasteiger partial charge in [-0.05, 0) is 67.8 Å². The maximum Gasteiger partial charge on any atom is 0.241 e. The zero-order valence-corrected chi connectivity index (χ0v) is 16.3. The summed E-state index contributed by atoms with van der Waals surface area (Å²) >= 11 is 0. The molecule has 0 fully saturated rings. The van der Waals surface area contributed by atoms with E-state index in [1.54, 1.807) is 0 Å². The fourth-order valence-electron chi connectivity index (χ4n) is 2.80. The van der Waals surface area contributed by atoms with E-state index in [1.807, 2.05) is 50.2 Å². The summed E-state index contributed by atoms with van der Waals surface area (Å²) in [6.45, 7) is 6.18. The first kappa shape index (κ1) is 20.0. The summed E-state index contributed by atoms with van der Waals surface area (Å²) in [4.78, 5) is 0. The topological polar surface area (TPSA) is 70.5 Å². The highest BCUT2D eigenvalue weighted by molar-refractivity contribution is 5.50. The second-order valence-electron chi connectivity index (χ2n) is 6.90. The molecule has 0 unspecified atom stereocenters.